The van der Waals surface area contributed by atoms with Crippen molar-refractivity contribution < 1.29 is 4.39 Å². The molecule has 6 heteroatoms. The fourth-order valence-corrected chi connectivity index (χ4v) is 1.67. The zero-order valence-corrected chi connectivity index (χ0v) is 10.6. The van der Waals surface area contributed by atoms with Gasteiger partial charge in [-0.25, -0.2) is 9.07 Å². The molecule has 0 saturated heterocycles. The highest BCUT2D eigenvalue weighted by molar-refractivity contribution is 6.30. The van der Waals surface area contributed by atoms with Crippen molar-refractivity contribution >= 4 is 23.2 Å². The molecule has 0 N–H and O–H groups in total. The number of nitrogens with zero attached hydrogens (tertiary/aromatic N) is 3. The van der Waals surface area contributed by atoms with Crippen molar-refractivity contribution in [2.45, 2.75) is 18.7 Å². The minimum Gasteiger partial charge on any atom is -0.217 e. The van der Waals surface area contributed by atoms with Gasteiger partial charge in [0.25, 0.3) is 0 Å². The quantitative estimate of drug-likeness (QED) is 0.798. The number of aromatic nitrogens is 3. The Balaban J connectivity index is 2.40. The average Bonchev–Trinajstić information content (AvgIpc) is 2.80. The fraction of sp³-hybridized carbons (Fsp3) is 0.273. The van der Waals surface area contributed by atoms with Crippen LogP contribution in [-0.4, -0.2) is 15.0 Å². The SMILES string of the molecule is CCC(Cl)c1cn(-c2cc(Cl)ccc2F)nn1. The van der Waals surface area contributed by atoms with E-state index in [1.165, 1.54) is 22.9 Å². The van der Waals surface area contributed by atoms with Gasteiger partial charge in [0.2, 0.25) is 0 Å². The lowest BCUT2D eigenvalue weighted by atomic mass is 10.2. The lowest BCUT2D eigenvalue weighted by Crippen LogP contribution is -1.98. The first-order valence-electron chi connectivity index (χ1n) is 5.13. The standard InChI is InChI=1S/C11H10Cl2FN3/c1-2-8(13)10-6-17(16-15-10)11-5-7(12)3-4-9(11)14/h3-6,8H,2H2,1H3. The van der Waals surface area contributed by atoms with E-state index in [-0.39, 0.29) is 11.1 Å². The van der Waals surface area contributed by atoms with Crippen LogP contribution in [0.2, 0.25) is 5.02 Å². The summed E-state index contributed by atoms with van der Waals surface area (Å²) in [5.74, 6) is -0.409. The van der Waals surface area contributed by atoms with Crippen LogP contribution in [0, 0.1) is 5.82 Å². The van der Waals surface area contributed by atoms with Crippen molar-refractivity contribution in [2.24, 2.45) is 0 Å². The molecule has 90 valence electrons. The number of hydrogen-bond acceptors (Lipinski definition) is 2. The number of benzene rings is 1. The molecule has 0 aliphatic rings. The summed E-state index contributed by atoms with van der Waals surface area (Å²) >= 11 is 11.8. The molecule has 2 aromatic rings. The summed E-state index contributed by atoms with van der Waals surface area (Å²) in [6, 6.07) is 4.26. The lowest BCUT2D eigenvalue weighted by molar-refractivity contribution is 0.607. The third-order valence-electron chi connectivity index (χ3n) is 2.35. The van der Waals surface area contributed by atoms with Crippen LogP contribution in [0.3, 0.4) is 0 Å². The third-order valence-corrected chi connectivity index (χ3v) is 3.11. The molecule has 0 amide bonds. The van der Waals surface area contributed by atoms with E-state index < -0.39 is 5.82 Å². The average molecular weight is 274 g/mol. The molecule has 1 unspecified atom stereocenters. The summed E-state index contributed by atoms with van der Waals surface area (Å²) in [5, 5.41) is 7.97. The van der Waals surface area contributed by atoms with Crippen LogP contribution in [0.4, 0.5) is 4.39 Å². The van der Waals surface area contributed by atoms with E-state index >= 15 is 0 Å². The van der Waals surface area contributed by atoms with Crippen molar-refractivity contribution in [1.29, 1.82) is 0 Å². The van der Waals surface area contributed by atoms with Gasteiger partial charge in [-0.3, -0.25) is 0 Å². The fourth-order valence-electron chi connectivity index (χ4n) is 1.41. The Morgan fingerprint density at radius 2 is 2.24 bits per heavy atom. The minimum absolute atomic E-state index is 0.217. The molecule has 0 fully saturated rings. The van der Waals surface area contributed by atoms with Crippen molar-refractivity contribution in [3.8, 4) is 5.69 Å². The maximum absolute atomic E-state index is 13.6. The molecule has 0 aliphatic heterocycles. The van der Waals surface area contributed by atoms with E-state index in [1.54, 1.807) is 6.20 Å². The Morgan fingerprint density at radius 3 is 2.94 bits per heavy atom. The molecule has 0 aliphatic carbocycles. The molecule has 1 aromatic heterocycles. The van der Waals surface area contributed by atoms with Crippen LogP contribution in [0.5, 0.6) is 0 Å². The molecule has 2 rings (SSSR count). The first kappa shape index (κ1) is 12.3. The molecule has 17 heavy (non-hydrogen) atoms. The van der Waals surface area contributed by atoms with Crippen LogP contribution in [0.1, 0.15) is 24.4 Å². The Kier molecular flexibility index (Phi) is 3.64. The van der Waals surface area contributed by atoms with Crippen LogP contribution >= 0.6 is 23.2 Å². The summed E-state index contributed by atoms with van der Waals surface area (Å²) < 4.78 is 14.9. The summed E-state index contributed by atoms with van der Waals surface area (Å²) in [4.78, 5) is 0. The Hall–Kier alpha value is -1.13. The second-order valence-electron chi connectivity index (χ2n) is 3.56. The molecule has 1 atom stereocenters. The zero-order valence-electron chi connectivity index (χ0n) is 9.07. The summed E-state index contributed by atoms with van der Waals surface area (Å²) in [6.07, 6.45) is 2.34. The topological polar surface area (TPSA) is 30.7 Å². The number of rotatable bonds is 3. The minimum atomic E-state index is -0.409. The maximum atomic E-state index is 13.6. The van der Waals surface area contributed by atoms with E-state index in [0.29, 0.717) is 10.7 Å². The maximum Gasteiger partial charge on any atom is 0.149 e. The van der Waals surface area contributed by atoms with E-state index in [1.807, 2.05) is 6.92 Å². The van der Waals surface area contributed by atoms with Crippen LogP contribution in [-0.2, 0) is 0 Å². The number of halogens is 3. The third kappa shape index (κ3) is 2.58. The Morgan fingerprint density at radius 1 is 1.47 bits per heavy atom. The number of alkyl halides is 1. The van der Waals surface area contributed by atoms with Gasteiger partial charge < -0.3 is 0 Å². The second kappa shape index (κ2) is 5.02. The van der Waals surface area contributed by atoms with Crippen molar-refractivity contribution in [1.82, 2.24) is 15.0 Å². The van der Waals surface area contributed by atoms with Gasteiger partial charge in [-0.05, 0) is 24.6 Å². The van der Waals surface area contributed by atoms with Gasteiger partial charge in [-0.1, -0.05) is 23.7 Å². The van der Waals surface area contributed by atoms with Crippen LogP contribution < -0.4 is 0 Å². The van der Waals surface area contributed by atoms with Crippen molar-refractivity contribution in [3.63, 3.8) is 0 Å². The lowest BCUT2D eigenvalue weighted by Gasteiger charge is -2.02. The molecular formula is C11H10Cl2FN3. The van der Waals surface area contributed by atoms with Gasteiger partial charge in [0.05, 0.1) is 11.6 Å². The van der Waals surface area contributed by atoms with Gasteiger partial charge in [0, 0.05) is 5.02 Å². The number of hydrogen-bond donors (Lipinski definition) is 0. The summed E-state index contributed by atoms with van der Waals surface area (Å²) in [6.45, 7) is 1.94. The van der Waals surface area contributed by atoms with E-state index in [9.17, 15) is 4.39 Å². The highest BCUT2D eigenvalue weighted by Gasteiger charge is 2.13. The Bertz CT molecular complexity index is 527. The largest absolute Gasteiger partial charge is 0.217 e. The van der Waals surface area contributed by atoms with Gasteiger partial charge in [0.1, 0.15) is 17.2 Å². The monoisotopic (exact) mass is 273 g/mol. The van der Waals surface area contributed by atoms with E-state index in [0.717, 1.165) is 6.42 Å². The predicted octanol–water partition coefficient (Wildman–Crippen LogP) is 3.75. The molecule has 0 spiro atoms. The first-order chi connectivity index (χ1) is 8.11. The Labute approximate surface area is 108 Å². The summed E-state index contributed by atoms with van der Waals surface area (Å²) in [7, 11) is 0. The normalized spacial score (nSPS) is 12.7. The van der Waals surface area contributed by atoms with E-state index in [2.05, 4.69) is 10.3 Å². The van der Waals surface area contributed by atoms with Crippen molar-refractivity contribution in [3.05, 3.63) is 40.9 Å². The predicted molar refractivity (Wildman–Crippen MR) is 65.2 cm³/mol. The molecule has 0 radical (unpaired) electrons. The van der Waals surface area contributed by atoms with Gasteiger partial charge >= 0.3 is 0 Å². The smallest absolute Gasteiger partial charge is 0.149 e. The van der Waals surface area contributed by atoms with E-state index in [4.69, 9.17) is 23.2 Å². The molecule has 1 heterocycles. The highest BCUT2D eigenvalue weighted by Crippen LogP contribution is 2.23. The highest BCUT2D eigenvalue weighted by atomic mass is 35.5. The second-order valence-corrected chi connectivity index (χ2v) is 4.52. The molecular weight excluding hydrogens is 264 g/mol. The first-order valence-corrected chi connectivity index (χ1v) is 5.95. The van der Waals surface area contributed by atoms with Crippen LogP contribution in [0.15, 0.2) is 24.4 Å². The zero-order chi connectivity index (χ0) is 12.4. The summed E-state index contributed by atoms with van der Waals surface area (Å²) in [5.41, 5.74) is 0.879. The van der Waals surface area contributed by atoms with Crippen molar-refractivity contribution in [2.75, 3.05) is 0 Å². The van der Waals surface area contributed by atoms with Gasteiger partial charge in [0.15, 0.2) is 0 Å². The molecule has 3 nitrogen and oxygen atoms in total. The molecule has 0 saturated carbocycles. The van der Waals surface area contributed by atoms with Gasteiger partial charge in [-0.2, -0.15) is 0 Å². The molecule has 1 aromatic carbocycles. The van der Waals surface area contributed by atoms with Gasteiger partial charge in [-0.15, -0.1) is 16.7 Å². The molecule has 0 bridgehead atoms. The van der Waals surface area contributed by atoms with Crippen LogP contribution in [0.25, 0.3) is 5.69 Å².